The zero-order valence-electron chi connectivity index (χ0n) is 10.6. The Morgan fingerprint density at radius 1 is 1.26 bits per heavy atom. The highest BCUT2D eigenvalue weighted by Gasteiger charge is 2.13. The minimum atomic E-state index is -0.619. The molecule has 0 atom stereocenters. The van der Waals surface area contributed by atoms with E-state index < -0.39 is 11.7 Å². The van der Waals surface area contributed by atoms with Gasteiger partial charge in [0.1, 0.15) is 5.82 Å². The lowest BCUT2D eigenvalue weighted by Gasteiger charge is -2.10. The first-order chi connectivity index (χ1) is 9.11. The lowest BCUT2D eigenvalue weighted by atomic mass is 10.1. The lowest BCUT2D eigenvalue weighted by molar-refractivity contribution is 0.102. The van der Waals surface area contributed by atoms with Crippen LogP contribution in [0.15, 0.2) is 42.5 Å². The molecule has 0 aliphatic heterocycles. The molecule has 0 fully saturated rings. The summed E-state index contributed by atoms with van der Waals surface area (Å²) in [5.74, 6) is -1.09. The summed E-state index contributed by atoms with van der Waals surface area (Å²) < 4.78 is 13.6. The highest BCUT2D eigenvalue weighted by atomic mass is 19.1. The van der Waals surface area contributed by atoms with Gasteiger partial charge in [-0.1, -0.05) is 25.1 Å². The number of nitrogen functional groups attached to an aromatic ring is 1. The minimum absolute atomic E-state index is 0.0138. The smallest absolute Gasteiger partial charge is 0.258 e. The van der Waals surface area contributed by atoms with E-state index >= 15 is 0 Å². The van der Waals surface area contributed by atoms with Crippen molar-refractivity contribution in [3.05, 3.63) is 59.4 Å². The van der Waals surface area contributed by atoms with Crippen molar-refractivity contribution in [1.82, 2.24) is 0 Å². The molecule has 0 bridgehead atoms. The molecule has 3 nitrogen and oxygen atoms in total. The van der Waals surface area contributed by atoms with E-state index in [2.05, 4.69) is 5.32 Å². The first-order valence-electron chi connectivity index (χ1n) is 6.06. The zero-order chi connectivity index (χ0) is 13.8. The monoisotopic (exact) mass is 258 g/mol. The number of rotatable bonds is 3. The first-order valence-corrected chi connectivity index (χ1v) is 6.06. The van der Waals surface area contributed by atoms with Gasteiger partial charge in [0.2, 0.25) is 0 Å². The van der Waals surface area contributed by atoms with Crippen LogP contribution in [0, 0.1) is 5.82 Å². The Labute approximate surface area is 111 Å². The van der Waals surface area contributed by atoms with E-state index in [1.54, 1.807) is 6.07 Å². The third kappa shape index (κ3) is 2.91. The molecule has 4 heteroatoms. The van der Waals surface area contributed by atoms with Crippen molar-refractivity contribution in [2.45, 2.75) is 13.3 Å². The van der Waals surface area contributed by atoms with E-state index in [-0.39, 0.29) is 5.56 Å². The van der Waals surface area contributed by atoms with E-state index in [1.165, 1.54) is 12.1 Å². The van der Waals surface area contributed by atoms with Gasteiger partial charge in [0.25, 0.3) is 5.91 Å². The van der Waals surface area contributed by atoms with Crippen molar-refractivity contribution in [3.8, 4) is 0 Å². The number of para-hydroxylation sites is 1. The Balaban J connectivity index is 2.26. The predicted molar refractivity (Wildman–Crippen MR) is 74.6 cm³/mol. The maximum atomic E-state index is 13.6. The second-order valence-corrected chi connectivity index (χ2v) is 4.20. The Hall–Kier alpha value is -2.36. The Bertz CT molecular complexity index is 611. The third-order valence-electron chi connectivity index (χ3n) is 2.88. The van der Waals surface area contributed by atoms with Gasteiger partial charge >= 0.3 is 0 Å². The van der Waals surface area contributed by atoms with Crippen LogP contribution < -0.4 is 11.1 Å². The van der Waals surface area contributed by atoms with Crippen molar-refractivity contribution in [2.24, 2.45) is 0 Å². The molecule has 0 saturated carbocycles. The summed E-state index contributed by atoms with van der Waals surface area (Å²) in [5.41, 5.74) is 7.44. The van der Waals surface area contributed by atoms with Crippen LogP contribution in [0.3, 0.4) is 0 Å². The summed E-state index contributed by atoms with van der Waals surface area (Å²) in [5, 5.41) is 2.72. The van der Waals surface area contributed by atoms with E-state index in [9.17, 15) is 9.18 Å². The first kappa shape index (κ1) is 13.1. The van der Waals surface area contributed by atoms with Gasteiger partial charge in [-0.15, -0.1) is 0 Å². The standard InChI is InChI=1S/C15H15FN2O/c1-2-10-5-3-4-6-14(10)18-15(19)12-8-7-11(17)9-13(12)16/h3-9H,2,17H2,1H3,(H,18,19). The molecule has 3 N–H and O–H groups in total. The fourth-order valence-electron chi connectivity index (χ4n) is 1.86. The van der Waals surface area contributed by atoms with Crippen LogP contribution in [0.1, 0.15) is 22.8 Å². The molecule has 0 aromatic heterocycles. The molecule has 0 unspecified atom stereocenters. The van der Waals surface area contributed by atoms with Gasteiger partial charge in [-0.3, -0.25) is 4.79 Å². The molecule has 0 saturated heterocycles. The summed E-state index contributed by atoms with van der Waals surface area (Å²) >= 11 is 0. The topological polar surface area (TPSA) is 55.1 Å². The van der Waals surface area contributed by atoms with Crippen LogP contribution >= 0.6 is 0 Å². The fourth-order valence-corrected chi connectivity index (χ4v) is 1.86. The number of hydrogen-bond donors (Lipinski definition) is 2. The van der Waals surface area contributed by atoms with Crippen molar-refractivity contribution in [1.29, 1.82) is 0 Å². The number of amides is 1. The SMILES string of the molecule is CCc1ccccc1NC(=O)c1ccc(N)cc1F. The summed E-state index contributed by atoms with van der Waals surface area (Å²) in [7, 11) is 0. The molecular formula is C15H15FN2O. The molecule has 0 heterocycles. The number of nitrogens with two attached hydrogens (primary N) is 1. The minimum Gasteiger partial charge on any atom is -0.399 e. The van der Waals surface area contributed by atoms with Gasteiger partial charge in [-0.2, -0.15) is 0 Å². The van der Waals surface area contributed by atoms with Crippen LogP contribution in [0.4, 0.5) is 15.8 Å². The van der Waals surface area contributed by atoms with Crippen LogP contribution in [-0.2, 0) is 6.42 Å². The van der Waals surface area contributed by atoms with E-state index in [0.717, 1.165) is 18.1 Å². The van der Waals surface area contributed by atoms with Gasteiger partial charge in [0.05, 0.1) is 5.56 Å². The molecule has 98 valence electrons. The van der Waals surface area contributed by atoms with E-state index in [1.807, 2.05) is 25.1 Å². The quantitative estimate of drug-likeness (QED) is 0.830. The summed E-state index contributed by atoms with van der Waals surface area (Å²) in [6.07, 6.45) is 0.792. The van der Waals surface area contributed by atoms with Gasteiger partial charge < -0.3 is 11.1 Å². The highest BCUT2D eigenvalue weighted by Crippen LogP contribution is 2.18. The average molecular weight is 258 g/mol. The molecule has 2 aromatic rings. The maximum absolute atomic E-state index is 13.6. The average Bonchev–Trinajstić information content (AvgIpc) is 2.39. The number of benzene rings is 2. The molecule has 0 spiro atoms. The molecule has 0 aliphatic carbocycles. The number of carbonyl (C=O) groups is 1. The summed E-state index contributed by atoms with van der Waals surface area (Å²) in [6.45, 7) is 1.99. The van der Waals surface area contributed by atoms with Crippen LogP contribution in [0.5, 0.6) is 0 Å². The molecule has 19 heavy (non-hydrogen) atoms. The lowest BCUT2D eigenvalue weighted by Crippen LogP contribution is -2.15. The molecule has 0 radical (unpaired) electrons. The normalized spacial score (nSPS) is 10.2. The highest BCUT2D eigenvalue weighted by molar-refractivity contribution is 6.05. The number of nitrogens with one attached hydrogen (secondary N) is 1. The van der Waals surface area contributed by atoms with Gasteiger partial charge in [0.15, 0.2) is 0 Å². The number of aryl methyl sites for hydroxylation is 1. The summed E-state index contributed by atoms with van der Waals surface area (Å²) in [6, 6.07) is 11.5. The van der Waals surface area contributed by atoms with E-state index in [0.29, 0.717) is 11.4 Å². The zero-order valence-corrected chi connectivity index (χ0v) is 10.6. The van der Waals surface area contributed by atoms with Crippen molar-refractivity contribution in [2.75, 3.05) is 11.1 Å². The largest absolute Gasteiger partial charge is 0.399 e. The van der Waals surface area contributed by atoms with Crippen molar-refractivity contribution in [3.63, 3.8) is 0 Å². The predicted octanol–water partition coefficient (Wildman–Crippen LogP) is 3.22. The molecule has 2 rings (SSSR count). The number of carbonyl (C=O) groups excluding carboxylic acids is 1. The van der Waals surface area contributed by atoms with Crippen LogP contribution in [0.25, 0.3) is 0 Å². The van der Waals surface area contributed by atoms with Gasteiger partial charge in [-0.05, 0) is 36.2 Å². The molecule has 2 aromatic carbocycles. The summed E-state index contributed by atoms with van der Waals surface area (Å²) in [4.78, 5) is 12.0. The molecule has 0 aliphatic rings. The van der Waals surface area contributed by atoms with Gasteiger partial charge in [-0.25, -0.2) is 4.39 Å². The van der Waals surface area contributed by atoms with Crippen LogP contribution in [-0.4, -0.2) is 5.91 Å². The number of hydrogen-bond acceptors (Lipinski definition) is 2. The Morgan fingerprint density at radius 2 is 2.00 bits per heavy atom. The molecular weight excluding hydrogens is 243 g/mol. The third-order valence-corrected chi connectivity index (χ3v) is 2.88. The van der Waals surface area contributed by atoms with Crippen LogP contribution in [0.2, 0.25) is 0 Å². The Kier molecular flexibility index (Phi) is 3.80. The maximum Gasteiger partial charge on any atom is 0.258 e. The number of anilines is 2. The Morgan fingerprint density at radius 3 is 2.68 bits per heavy atom. The van der Waals surface area contributed by atoms with Crippen molar-refractivity contribution >= 4 is 17.3 Å². The molecule has 1 amide bonds. The fraction of sp³-hybridized carbons (Fsp3) is 0.133. The number of halogens is 1. The van der Waals surface area contributed by atoms with Crippen molar-refractivity contribution < 1.29 is 9.18 Å². The van der Waals surface area contributed by atoms with E-state index in [4.69, 9.17) is 5.73 Å². The second-order valence-electron chi connectivity index (χ2n) is 4.20. The van der Waals surface area contributed by atoms with Gasteiger partial charge in [0, 0.05) is 11.4 Å². The second kappa shape index (κ2) is 5.52.